The summed E-state index contributed by atoms with van der Waals surface area (Å²) in [5.41, 5.74) is 0.531. The van der Waals surface area contributed by atoms with Crippen molar-refractivity contribution < 1.29 is 4.79 Å². The Bertz CT molecular complexity index is 394. The molecule has 0 aliphatic carbocycles. The van der Waals surface area contributed by atoms with Gasteiger partial charge in [0.15, 0.2) is 0 Å². The minimum atomic E-state index is 0.0489. The normalized spacial score (nSPS) is 20.9. The van der Waals surface area contributed by atoms with E-state index in [-0.39, 0.29) is 5.91 Å². The molecule has 1 unspecified atom stereocenters. The number of carbonyl (C=O) groups excluding carboxylic acids is 1. The maximum absolute atomic E-state index is 12.1. The van der Waals surface area contributed by atoms with Gasteiger partial charge < -0.3 is 4.90 Å². The number of aromatic nitrogens is 1. The summed E-state index contributed by atoms with van der Waals surface area (Å²) in [5.74, 6) is 0.651. The molecule has 1 saturated heterocycles. The van der Waals surface area contributed by atoms with Crippen LogP contribution in [0.3, 0.4) is 0 Å². The Kier molecular flexibility index (Phi) is 3.59. The van der Waals surface area contributed by atoms with E-state index in [4.69, 9.17) is 0 Å². The van der Waals surface area contributed by atoms with Crippen LogP contribution in [0, 0.1) is 5.92 Å². The van der Waals surface area contributed by atoms with Crippen molar-refractivity contribution in [2.75, 3.05) is 13.1 Å². The van der Waals surface area contributed by atoms with Crippen molar-refractivity contribution in [1.82, 2.24) is 9.88 Å². The van der Waals surface area contributed by atoms with Gasteiger partial charge >= 0.3 is 0 Å². The molecule has 0 saturated carbocycles. The summed E-state index contributed by atoms with van der Waals surface area (Å²) in [7, 11) is 0. The number of halogens is 1. The molecule has 86 valence electrons. The van der Waals surface area contributed by atoms with Crippen molar-refractivity contribution >= 4 is 21.8 Å². The average molecular weight is 283 g/mol. The summed E-state index contributed by atoms with van der Waals surface area (Å²) in [4.78, 5) is 18.2. The number of hydrogen-bond donors (Lipinski definition) is 0. The predicted octanol–water partition coefficient (Wildman–Crippen LogP) is 2.72. The highest BCUT2D eigenvalue weighted by Crippen LogP contribution is 2.17. The topological polar surface area (TPSA) is 33.2 Å². The van der Waals surface area contributed by atoms with Gasteiger partial charge in [0.25, 0.3) is 5.91 Å². The van der Waals surface area contributed by atoms with E-state index in [9.17, 15) is 4.79 Å². The van der Waals surface area contributed by atoms with Crippen molar-refractivity contribution in [3.8, 4) is 0 Å². The molecule has 2 heterocycles. The summed E-state index contributed by atoms with van der Waals surface area (Å²) in [6.07, 6.45) is 2.32. The van der Waals surface area contributed by atoms with E-state index in [1.807, 2.05) is 17.0 Å². The second-order valence-corrected chi connectivity index (χ2v) is 5.16. The Hall–Kier alpha value is -0.900. The summed E-state index contributed by atoms with van der Waals surface area (Å²) >= 11 is 3.28. The highest BCUT2D eigenvalue weighted by molar-refractivity contribution is 9.10. The summed E-state index contributed by atoms with van der Waals surface area (Å²) in [5, 5.41) is 0. The number of hydrogen-bond acceptors (Lipinski definition) is 2. The van der Waals surface area contributed by atoms with E-state index >= 15 is 0 Å². The van der Waals surface area contributed by atoms with Gasteiger partial charge in [-0.1, -0.05) is 13.0 Å². The van der Waals surface area contributed by atoms with Crippen LogP contribution in [-0.4, -0.2) is 28.9 Å². The second kappa shape index (κ2) is 4.95. The van der Waals surface area contributed by atoms with Gasteiger partial charge in [-0.2, -0.15) is 0 Å². The molecule has 0 aromatic carbocycles. The van der Waals surface area contributed by atoms with E-state index in [1.54, 1.807) is 6.07 Å². The monoisotopic (exact) mass is 282 g/mol. The maximum atomic E-state index is 12.1. The number of piperidine rings is 1. The molecule has 0 N–H and O–H groups in total. The standard InChI is InChI=1S/C12H15BrN2O/c1-9-4-3-7-15(8-9)12(16)10-5-2-6-11(13)14-10/h2,5-6,9H,3-4,7-8H2,1H3. The van der Waals surface area contributed by atoms with E-state index in [0.29, 0.717) is 16.2 Å². The van der Waals surface area contributed by atoms with E-state index in [2.05, 4.69) is 27.8 Å². The highest BCUT2D eigenvalue weighted by atomic mass is 79.9. The predicted molar refractivity (Wildman–Crippen MR) is 66.2 cm³/mol. The molecule has 1 aliphatic heterocycles. The Morgan fingerprint density at radius 2 is 2.38 bits per heavy atom. The molecular formula is C12H15BrN2O. The Morgan fingerprint density at radius 1 is 1.56 bits per heavy atom. The first kappa shape index (κ1) is 11.6. The summed E-state index contributed by atoms with van der Waals surface area (Å²) in [6, 6.07) is 5.44. The van der Waals surface area contributed by atoms with Crippen LogP contribution < -0.4 is 0 Å². The maximum Gasteiger partial charge on any atom is 0.272 e. The van der Waals surface area contributed by atoms with Crippen molar-refractivity contribution in [3.05, 3.63) is 28.5 Å². The van der Waals surface area contributed by atoms with Crippen LogP contribution in [-0.2, 0) is 0 Å². The van der Waals surface area contributed by atoms with Gasteiger partial charge in [0.05, 0.1) is 0 Å². The zero-order valence-corrected chi connectivity index (χ0v) is 10.9. The highest BCUT2D eigenvalue weighted by Gasteiger charge is 2.22. The molecule has 1 aromatic heterocycles. The lowest BCUT2D eigenvalue weighted by Gasteiger charge is -2.30. The van der Waals surface area contributed by atoms with E-state index < -0.39 is 0 Å². The molecule has 0 bridgehead atoms. The first-order valence-corrected chi connectivity index (χ1v) is 6.38. The van der Waals surface area contributed by atoms with Gasteiger partial charge in [-0.3, -0.25) is 4.79 Å². The third-order valence-corrected chi connectivity index (χ3v) is 3.32. The first-order chi connectivity index (χ1) is 7.66. The van der Waals surface area contributed by atoms with Crippen molar-refractivity contribution in [1.29, 1.82) is 0 Å². The minimum Gasteiger partial charge on any atom is -0.337 e. The molecule has 0 spiro atoms. The molecule has 16 heavy (non-hydrogen) atoms. The molecule has 4 heteroatoms. The number of nitrogens with zero attached hydrogens (tertiary/aromatic N) is 2. The van der Waals surface area contributed by atoms with Gasteiger partial charge in [-0.05, 0) is 46.8 Å². The molecule has 3 nitrogen and oxygen atoms in total. The van der Waals surface area contributed by atoms with Gasteiger partial charge in [0.1, 0.15) is 10.3 Å². The first-order valence-electron chi connectivity index (χ1n) is 5.58. The minimum absolute atomic E-state index is 0.0489. The Morgan fingerprint density at radius 3 is 3.06 bits per heavy atom. The summed E-state index contributed by atoms with van der Waals surface area (Å²) in [6.45, 7) is 3.90. The average Bonchev–Trinajstić information content (AvgIpc) is 2.28. The molecule has 1 aliphatic rings. The van der Waals surface area contributed by atoms with Crippen LogP contribution in [0.15, 0.2) is 22.8 Å². The lowest BCUT2D eigenvalue weighted by molar-refractivity contribution is 0.0677. The largest absolute Gasteiger partial charge is 0.337 e. The van der Waals surface area contributed by atoms with Crippen molar-refractivity contribution in [2.45, 2.75) is 19.8 Å². The van der Waals surface area contributed by atoms with Crippen LogP contribution in [0.4, 0.5) is 0 Å². The fraction of sp³-hybridized carbons (Fsp3) is 0.500. The number of carbonyl (C=O) groups is 1. The molecule has 2 rings (SSSR count). The number of likely N-dealkylation sites (tertiary alicyclic amines) is 1. The van der Waals surface area contributed by atoms with E-state index in [0.717, 1.165) is 19.5 Å². The number of pyridine rings is 1. The molecule has 1 amide bonds. The van der Waals surface area contributed by atoms with Crippen LogP contribution in [0.5, 0.6) is 0 Å². The smallest absolute Gasteiger partial charge is 0.272 e. The third-order valence-electron chi connectivity index (χ3n) is 2.88. The number of amides is 1. The van der Waals surface area contributed by atoms with Crippen LogP contribution in [0.1, 0.15) is 30.3 Å². The van der Waals surface area contributed by atoms with Crippen molar-refractivity contribution in [3.63, 3.8) is 0 Å². The van der Waals surface area contributed by atoms with Crippen LogP contribution in [0.2, 0.25) is 0 Å². The lowest BCUT2D eigenvalue weighted by atomic mass is 10.00. The summed E-state index contributed by atoms with van der Waals surface area (Å²) < 4.78 is 0.711. The van der Waals surface area contributed by atoms with E-state index in [1.165, 1.54) is 6.42 Å². The zero-order valence-electron chi connectivity index (χ0n) is 9.32. The molecule has 1 fully saturated rings. The SMILES string of the molecule is CC1CCCN(C(=O)c2cccc(Br)n2)C1. The van der Waals surface area contributed by atoms with Crippen LogP contribution >= 0.6 is 15.9 Å². The van der Waals surface area contributed by atoms with Gasteiger partial charge in [0, 0.05) is 13.1 Å². The molecule has 1 atom stereocenters. The van der Waals surface area contributed by atoms with Crippen LogP contribution in [0.25, 0.3) is 0 Å². The zero-order chi connectivity index (χ0) is 11.5. The molecular weight excluding hydrogens is 268 g/mol. The fourth-order valence-corrected chi connectivity index (χ4v) is 2.41. The van der Waals surface area contributed by atoms with Gasteiger partial charge in [-0.25, -0.2) is 4.98 Å². The number of rotatable bonds is 1. The Labute approximate surface area is 104 Å². The van der Waals surface area contributed by atoms with Crippen molar-refractivity contribution in [2.24, 2.45) is 5.92 Å². The quantitative estimate of drug-likeness (QED) is 0.742. The molecule has 1 aromatic rings. The lowest BCUT2D eigenvalue weighted by Crippen LogP contribution is -2.39. The Balaban J connectivity index is 2.12. The second-order valence-electron chi connectivity index (χ2n) is 4.34. The molecule has 0 radical (unpaired) electrons. The van der Waals surface area contributed by atoms with Gasteiger partial charge in [0.2, 0.25) is 0 Å². The fourth-order valence-electron chi connectivity index (χ4n) is 2.06. The third kappa shape index (κ3) is 2.61. The van der Waals surface area contributed by atoms with Gasteiger partial charge in [-0.15, -0.1) is 0 Å².